The second-order valence-corrected chi connectivity index (χ2v) is 7.63. The van der Waals surface area contributed by atoms with Crippen LogP contribution in [-0.2, 0) is 6.42 Å². The number of halogens is 1. The Kier molecular flexibility index (Phi) is 6.27. The monoisotopic (exact) mass is 308 g/mol. The molecule has 2 unspecified atom stereocenters. The number of aliphatic hydroxyl groups is 1. The molecule has 1 N–H and O–H groups in total. The minimum absolute atomic E-state index is 0.213. The molecule has 0 spiro atoms. The van der Waals surface area contributed by atoms with Crippen LogP contribution < -0.4 is 0 Å². The first kappa shape index (κ1) is 13.6. The summed E-state index contributed by atoms with van der Waals surface area (Å²) in [5.74, 6) is 0.838. The smallest absolute Gasteiger partial charge is 0.0701 e. The van der Waals surface area contributed by atoms with Crippen molar-refractivity contribution in [1.82, 2.24) is 0 Å². The minimum atomic E-state index is -0.213. The number of thiophene rings is 1. The Balaban J connectivity index is 2.27. The van der Waals surface area contributed by atoms with Crippen molar-refractivity contribution in [3.63, 3.8) is 0 Å². The van der Waals surface area contributed by atoms with E-state index < -0.39 is 0 Å². The predicted molar refractivity (Wildman–Crippen MR) is 73.9 cm³/mol. The van der Waals surface area contributed by atoms with Crippen molar-refractivity contribution in [2.24, 2.45) is 0 Å². The summed E-state index contributed by atoms with van der Waals surface area (Å²) in [5.41, 5.74) is 0. The molecule has 86 valence electrons. The van der Waals surface area contributed by atoms with Crippen LogP contribution in [0.4, 0.5) is 0 Å². The molecule has 1 aromatic rings. The Morgan fingerprint density at radius 1 is 1.53 bits per heavy atom. The average molecular weight is 309 g/mol. The van der Waals surface area contributed by atoms with Gasteiger partial charge in [-0.1, -0.05) is 13.8 Å². The lowest BCUT2D eigenvalue weighted by molar-refractivity contribution is 0.201. The van der Waals surface area contributed by atoms with Gasteiger partial charge < -0.3 is 5.11 Å². The molecule has 4 heteroatoms. The highest BCUT2D eigenvalue weighted by Crippen LogP contribution is 2.24. The van der Waals surface area contributed by atoms with E-state index in [4.69, 9.17) is 0 Å². The van der Waals surface area contributed by atoms with Crippen LogP contribution in [0.5, 0.6) is 0 Å². The summed E-state index contributed by atoms with van der Waals surface area (Å²) in [6.45, 7) is 4.39. The van der Waals surface area contributed by atoms with Crippen molar-refractivity contribution in [3.8, 4) is 0 Å². The largest absolute Gasteiger partial charge is 0.392 e. The average Bonchev–Trinajstić information content (AvgIpc) is 2.60. The molecule has 0 radical (unpaired) electrons. The van der Waals surface area contributed by atoms with Crippen LogP contribution >= 0.6 is 39.0 Å². The van der Waals surface area contributed by atoms with E-state index in [0.717, 1.165) is 16.0 Å². The summed E-state index contributed by atoms with van der Waals surface area (Å²) < 4.78 is 1.14. The van der Waals surface area contributed by atoms with Gasteiger partial charge in [-0.3, -0.25) is 0 Å². The van der Waals surface area contributed by atoms with Gasteiger partial charge in [-0.05, 0) is 34.5 Å². The van der Waals surface area contributed by atoms with E-state index in [1.54, 1.807) is 11.3 Å². The second kappa shape index (κ2) is 6.94. The van der Waals surface area contributed by atoms with Crippen LogP contribution in [0, 0.1) is 0 Å². The number of aliphatic hydroxyl groups excluding tert-OH is 1. The summed E-state index contributed by atoms with van der Waals surface area (Å²) in [7, 11) is 0. The Morgan fingerprint density at radius 2 is 2.27 bits per heavy atom. The van der Waals surface area contributed by atoms with Crippen molar-refractivity contribution < 1.29 is 5.11 Å². The third-order valence-corrected chi connectivity index (χ3v) is 5.34. The van der Waals surface area contributed by atoms with Crippen molar-refractivity contribution in [2.75, 3.05) is 5.75 Å². The van der Waals surface area contributed by atoms with E-state index in [-0.39, 0.29) is 6.10 Å². The van der Waals surface area contributed by atoms with Gasteiger partial charge in [0.15, 0.2) is 0 Å². The normalized spacial score (nSPS) is 15.2. The lowest BCUT2D eigenvalue weighted by atomic mass is 10.2. The first-order chi connectivity index (χ1) is 7.11. The molecule has 0 aliphatic carbocycles. The van der Waals surface area contributed by atoms with Crippen molar-refractivity contribution in [2.45, 2.75) is 38.0 Å². The summed E-state index contributed by atoms with van der Waals surface area (Å²) in [6.07, 6.45) is 1.73. The molecule has 1 nitrogen and oxygen atoms in total. The zero-order valence-electron chi connectivity index (χ0n) is 9.07. The minimum Gasteiger partial charge on any atom is -0.392 e. The Labute approximate surface area is 108 Å². The summed E-state index contributed by atoms with van der Waals surface area (Å²) >= 11 is 6.98. The molecule has 0 fully saturated rings. The first-order valence-electron chi connectivity index (χ1n) is 5.15. The fourth-order valence-corrected chi connectivity index (χ4v) is 3.60. The lowest BCUT2D eigenvalue weighted by Crippen LogP contribution is -2.14. The van der Waals surface area contributed by atoms with Crippen molar-refractivity contribution in [3.05, 3.63) is 20.8 Å². The topological polar surface area (TPSA) is 20.2 Å². The summed E-state index contributed by atoms with van der Waals surface area (Å²) in [5, 5.41) is 10.5. The number of thioether (sulfide) groups is 1. The highest BCUT2D eigenvalue weighted by atomic mass is 79.9. The van der Waals surface area contributed by atoms with Crippen LogP contribution in [-0.4, -0.2) is 22.2 Å². The molecule has 2 atom stereocenters. The Morgan fingerprint density at radius 3 is 2.80 bits per heavy atom. The molecule has 0 amide bonds. The van der Waals surface area contributed by atoms with Crippen LogP contribution in [0.1, 0.15) is 25.1 Å². The molecular formula is C11H17BrOS2. The molecule has 0 aromatic carbocycles. The SMILES string of the molecule is CCC(C)SCC(O)Cc1ccc(Br)s1. The van der Waals surface area contributed by atoms with Gasteiger partial charge in [-0.15, -0.1) is 11.3 Å². The van der Waals surface area contributed by atoms with Gasteiger partial charge in [0.1, 0.15) is 0 Å². The third kappa shape index (κ3) is 5.38. The van der Waals surface area contributed by atoms with Gasteiger partial charge in [0, 0.05) is 22.3 Å². The zero-order chi connectivity index (χ0) is 11.3. The summed E-state index contributed by atoms with van der Waals surface area (Å²) in [4.78, 5) is 1.25. The molecular weight excluding hydrogens is 292 g/mol. The highest BCUT2D eigenvalue weighted by molar-refractivity contribution is 9.11. The number of hydrogen-bond donors (Lipinski definition) is 1. The van der Waals surface area contributed by atoms with Crippen LogP contribution in [0.15, 0.2) is 15.9 Å². The van der Waals surface area contributed by atoms with Gasteiger partial charge in [-0.2, -0.15) is 11.8 Å². The standard InChI is InChI=1S/C11H17BrOS2/c1-3-8(2)14-7-9(13)6-10-4-5-11(12)15-10/h4-5,8-9,13H,3,6-7H2,1-2H3. The van der Waals surface area contributed by atoms with Gasteiger partial charge >= 0.3 is 0 Å². The highest BCUT2D eigenvalue weighted by Gasteiger charge is 2.09. The van der Waals surface area contributed by atoms with Gasteiger partial charge in [0.2, 0.25) is 0 Å². The molecule has 1 aromatic heterocycles. The summed E-state index contributed by atoms with van der Waals surface area (Å²) in [6, 6.07) is 4.11. The Bertz CT molecular complexity index is 288. The fourth-order valence-electron chi connectivity index (χ4n) is 1.15. The van der Waals surface area contributed by atoms with Crippen LogP contribution in [0.2, 0.25) is 0 Å². The maximum Gasteiger partial charge on any atom is 0.0701 e. The fraction of sp³-hybridized carbons (Fsp3) is 0.636. The van der Waals surface area contributed by atoms with Crippen LogP contribution in [0.3, 0.4) is 0 Å². The number of rotatable bonds is 6. The molecule has 0 aliphatic rings. The van der Waals surface area contributed by atoms with Crippen molar-refractivity contribution in [1.29, 1.82) is 0 Å². The van der Waals surface area contributed by atoms with E-state index >= 15 is 0 Å². The predicted octanol–water partition coefficient (Wildman–Crippen LogP) is 3.95. The van der Waals surface area contributed by atoms with E-state index in [1.807, 2.05) is 17.8 Å². The van der Waals surface area contributed by atoms with E-state index in [1.165, 1.54) is 11.3 Å². The van der Waals surface area contributed by atoms with Crippen molar-refractivity contribution >= 4 is 39.0 Å². The van der Waals surface area contributed by atoms with Gasteiger partial charge in [0.25, 0.3) is 0 Å². The molecule has 0 saturated heterocycles. The number of hydrogen-bond acceptors (Lipinski definition) is 3. The van der Waals surface area contributed by atoms with Gasteiger partial charge in [0.05, 0.1) is 9.89 Å². The third-order valence-electron chi connectivity index (χ3n) is 2.21. The molecule has 0 saturated carbocycles. The van der Waals surface area contributed by atoms with E-state index in [0.29, 0.717) is 5.25 Å². The zero-order valence-corrected chi connectivity index (χ0v) is 12.3. The van der Waals surface area contributed by atoms with E-state index in [9.17, 15) is 5.11 Å². The molecule has 1 rings (SSSR count). The van der Waals surface area contributed by atoms with E-state index in [2.05, 4.69) is 35.8 Å². The quantitative estimate of drug-likeness (QED) is 0.859. The first-order valence-corrected chi connectivity index (χ1v) is 7.81. The molecule has 15 heavy (non-hydrogen) atoms. The lowest BCUT2D eigenvalue weighted by Gasteiger charge is -2.12. The molecule has 0 aliphatic heterocycles. The molecule has 0 bridgehead atoms. The molecule has 1 heterocycles. The maximum atomic E-state index is 9.83. The van der Waals surface area contributed by atoms with Crippen LogP contribution in [0.25, 0.3) is 0 Å². The van der Waals surface area contributed by atoms with Gasteiger partial charge in [-0.25, -0.2) is 0 Å². The Hall–Kier alpha value is 0.490. The second-order valence-electron chi connectivity index (χ2n) is 3.62. The maximum absolute atomic E-state index is 9.83.